The minimum Gasteiger partial charge on any atom is -0.507 e. The number of aliphatic hydroxyl groups is 2. The van der Waals surface area contributed by atoms with Crippen LogP contribution in [0.4, 0.5) is 11.4 Å². The van der Waals surface area contributed by atoms with Crippen molar-refractivity contribution in [2.24, 2.45) is 44.6 Å². The van der Waals surface area contributed by atoms with Gasteiger partial charge in [0.15, 0.2) is 5.75 Å². The second-order valence-corrected chi connectivity index (χ2v) is 15.7. The summed E-state index contributed by atoms with van der Waals surface area (Å²) in [5.74, 6) is -7.66. The molecule has 2 aromatic rings. The lowest BCUT2D eigenvalue weighted by Crippen LogP contribution is -2.46. The van der Waals surface area contributed by atoms with E-state index < -0.39 is 83.0 Å². The molecule has 5 bridgehead atoms. The number of fused-ring (bicyclic) bond motifs is 14. The van der Waals surface area contributed by atoms with Gasteiger partial charge < -0.3 is 55.3 Å². The van der Waals surface area contributed by atoms with Gasteiger partial charge in [0.05, 0.1) is 53.4 Å². The number of Topliss-reactive ketones (excluding diaryl/α,β-unsaturated/α-hetero) is 1. The number of carbonyl (C=O) groups is 3. The number of nitrogens with zero attached hydrogens (tertiary/aromatic N) is 4. The molecule has 9 atom stereocenters. The molecule has 5 rings (SSSR count). The molecule has 3 aliphatic rings. The third kappa shape index (κ3) is 10.1. The summed E-state index contributed by atoms with van der Waals surface area (Å²) in [7, 11) is 5.18. The van der Waals surface area contributed by atoms with Crippen molar-refractivity contribution in [3.05, 3.63) is 53.3 Å². The summed E-state index contributed by atoms with van der Waals surface area (Å²) in [6.45, 7) is 13.5. The molecule has 17 heteroatoms. The van der Waals surface area contributed by atoms with Crippen LogP contribution in [0.2, 0.25) is 0 Å². The van der Waals surface area contributed by atoms with Gasteiger partial charge in [-0.05, 0) is 40.1 Å². The first-order valence-corrected chi connectivity index (χ1v) is 19.4. The summed E-state index contributed by atoms with van der Waals surface area (Å²) < 4.78 is 23.6. The Morgan fingerprint density at radius 1 is 1.02 bits per heavy atom. The fourth-order valence-electron chi connectivity index (χ4n) is 7.23. The number of allylic oxidation sites excluding steroid dienone is 2. The Balaban J connectivity index is 1.95. The number of carbonyl (C=O) groups excluding carboxylic acids is 3. The van der Waals surface area contributed by atoms with E-state index >= 15 is 0 Å². The van der Waals surface area contributed by atoms with Crippen LogP contribution in [0.3, 0.4) is 0 Å². The van der Waals surface area contributed by atoms with Crippen molar-refractivity contribution in [1.29, 1.82) is 0 Å². The first-order valence-electron chi connectivity index (χ1n) is 19.4. The number of phenols is 2. The van der Waals surface area contributed by atoms with Gasteiger partial charge >= 0.3 is 11.8 Å². The molecular formula is C42H58N6O11. The Morgan fingerprint density at radius 3 is 2.32 bits per heavy atom. The van der Waals surface area contributed by atoms with Gasteiger partial charge in [-0.2, -0.15) is 0 Å². The van der Waals surface area contributed by atoms with Crippen molar-refractivity contribution in [2.75, 3.05) is 39.6 Å². The summed E-state index contributed by atoms with van der Waals surface area (Å²) in [6.07, 6.45) is 3.63. The lowest BCUT2D eigenvalue weighted by Gasteiger charge is -2.38. The standard InChI is InChI=1S/C42H58N6O11/c1-20-13-12-14-21(2)40(55)45-28-19-27(46-47-41(43)44-16-17-48(9)10)30-31(36(28)53)35(52)25(6)38-32(30)39(54)42(8,59-38)57-18-15-29(56-11)22(3)37(58-26(7)49)24(5)34(51)23(4)33(20)50/h12-15,18-20,22-24,29,33-34,37,50-53H,16-17H2,1-11H3,(H2,43,44)(H,45,55)/b13-12?,18-15?,21-14-,47-46?. The Hall–Kier alpha value is -5.36. The van der Waals surface area contributed by atoms with E-state index in [4.69, 9.17) is 24.7 Å². The fourth-order valence-corrected chi connectivity index (χ4v) is 7.23. The smallest absolute Gasteiger partial charge is 0.312 e. The molecule has 0 saturated carbocycles. The molecule has 322 valence electrons. The van der Waals surface area contributed by atoms with E-state index in [2.05, 4.69) is 20.5 Å². The second-order valence-electron chi connectivity index (χ2n) is 15.7. The zero-order valence-electron chi connectivity index (χ0n) is 35.5. The van der Waals surface area contributed by atoms with Crippen LogP contribution in [0, 0.1) is 30.6 Å². The monoisotopic (exact) mass is 822 g/mol. The fraction of sp³-hybridized carbons (Fsp3) is 0.524. The third-order valence-corrected chi connectivity index (χ3v) is 10.9. The number of azo groups is 1. The van der Waals surface area contributed by atoms with Crippen LogP contribution in [-0.2, 0) is 23.8 Å². The third-order valence-electron chi connectivity index (χ3n) is 10.9. The number of amides is 1. The second kappa shape index (κ2) is 19.1. The number of likely N-dealkylation sites (N-methyl/N-ethyl adjacent to an activating group) is 1. The largest absolute Gasteiger partial charge is 0.507 e. The first-order chi connectivity index (χ1) is 27.6. The van der Waals surface area contributed by atoms with E-state index in [1.165, 1.54) is 59.3 Å². The number of hydrogen-bond donors (Lipinski definition) is 6. The minimum atomic E-state index is -2.01. The van der Waals surface area contributed by atoms with E-state index in [0.29, 0.717) is 13.1 Å². The molecule has 7 N–H and O–H groups in total. The topological polar surface area (TPSA) is 247 Å². The Labute approximate surface area is 344 Å². The molecule has 0 radical (unpaired) electrons. The maximum atomic E-state index is 14.5. The number of nitrogens with two attached hydrogens (primary N) is 1. The van der Waals surface area contributed by atoms with Gasteiger partial charge in [0.1, 0.15) is 17.6 Å². The molecule has 9 unspecified atom stereocenters. The van der Waals surface area contributed by atoms with Crippen molar-refractivity contribution < 1.29 is 53.8 Å². The van der Waals surface area contributed by atoms with Gasteiger partial charge in [-0.25, -0.2) is 4.99 Å². The van der Waals surface area contributed by atoms with Crippen LogP contribution in [0.5, 0.6) is 17.2 Å². The van der Waals surface area contributed by atoms with E-state index in [1.807, 2.05) is 19.0 Å². The molecule has 2 aromatic carbocycles. The average Bonchev–Trinajstić information content (AvgIpc) is 3.44. The van der Waals surface area contributed by atoms with Crippen LogP contribution in [0.1, 0.15) is 64.4 Å². The number of esters is 1. The maximum absolute atomic E-state index is 14.5. The SMILES string of the molecule is COC1C=COC2(C)Oc3c(C)c(O)c4c(O)c(cc(N=NC(N)=NCCN(C)C)c4c3C2=O)NC(=O)/C(C)=C\C=CC(C)C(O)C(C)C(O)C(C)C(OC(C)=O)C1C. The maximum Gasteiger partial charge on any atom is 0.312 e. The molecule has 0 saturated heterocycles. The van der Waals surface area contributed by atoms with E-state index in [1.54, 1.807) is 39.8 Å². The van der Waals surface area contributed by atoms with Crippen LogP contribution >= 0.6 is 0 Å². The highest BCUT2D eigenvalue weighted by atomic mass is 16.7. The first kappa shape index (κ1) is 46.3. The summed E-state index contributed by atoms with van der Waals surface area (Å²) in [5, 5.41) is 56.8. The highest BCUT2D eigenvalue weighted by molar-refractivity contribution is 6.22. The zero-order chi connectivity index (χ0) is 44.1. The predicted octanol–water partition coefficient (Wildman–Crippen LogP) is 5.01. The number of ketones is 1. The normalized spacial score (nSPS) is 29.5. The van der Waals surface area contributed by atoms with E-state index in [0.717, 1.165) is 0 Å². The van der Waals surface area contributed by atoms with Crippen molar-refractivity contribution in [3.8, 4) is 17.2 Å². The van der Waals surface area contributed by atoms with Crippen molar-refractivity contribution >= 4 is 45.8 Å². The Morgan fingerprint density at radius 2 is 1.69 bits per heavy atom. The number of guanidine groups is 1. The zero-order valence-corrected chi connectivity index (χ0v) is 35.5. The van der Waals surface area contributed by atoms with Gasteiger partial charge in [0, 0.05) is 67.7 Å². The molecule has 3 aliphatic heterocycles. The highest BCUT2D eigenvalue weighted by Gasteiger charge is 2.49. The molecule has 1 amide bonds. The van der Waals surface area contributed by atoms with Crippen LogP contribution in [-0.4, -0.2) is 113 Å². The summed E-state index contributed by atoms with van der Waals surface area (Å²) >= 11 is 0. The van der Waals surface area contributed by atoms with Crippen LogP contribution in [0.15, 0.2) is 57.4 Å². The van der Waals surface area contributed by atoms with Crippen LogP contribution in [0.25, 0.3) is 10.8 Å². The number of hydrogen-bond acceptors (Lipinski definition) is 14. The van der Waals surface area contributed by atoms with Crippen molar-refractivity contribution in [2.45, 2.75) is 85.6 Å². The number of aromatic hydroxyl groups is 2. The van der Waals surface area contributed by atoms with Crippen LogP contribution < -0.4 is 15.8 Å². The molecular weight excluding hydrogens is 764 g/mol. The van der Waals surface area contributed by atoms with Gasteiger partial charge in [-0.15, -0.1) is 10.2 Å². The lowest BCUT2D eigenvalue weighted by molar-refractivity contribution is -0.160. The minimum absolute atomic E-state index is 0.0489. The molecule has 0 aliphatic carbocycles. The Kier molecular flexibility index (Phi) is 15.0. The highest BCUT2D eigenvalue weighted by Crippen LogP contribution is 2.54. The summed E-state index contributed by atoms with van der Waals surface area (Å²) in [6, 6.07) is 1.28. The molecule has 17 nitrogen and oxygen atoms in total. The number of rotatable bonds is 6. The van der Waals surface area contributed by atoms with Gasteiger partial charge in [0.2, 0.25) is 5.96 Å². The van der Waals surface area contributed by atoms with Crippen molar-refractivity contribution in [1.82, 2.24) is 4.90 Å². The number of methoxy groups -OCH3 is 1. The lowest BCUT2D eigenvalue weighted by atomic mass is 9.78. The summed E-state index contributed by atoms with van der Waals surface area (Å²) in [4.78, 5) is 46.4. The molecule has 3 heterocycles. The number of benzene rings is 2. The van der Waals surface area contributed by atoms with E-state index in [-0.39, 0.29) is 50.6 Å². The van der Waals surface area contributed by atoms with Gasteiger partial charge in [-0.1, -0.05) is 45.9 Å². The Bertz CT molecular complexity index is 2080. The quantitative estimate of drug-likeness (QED) is 0.0739. The molecule has 0 spiro atoms. The number of nitrogens with one attached hydrogen (secondary N) is 1. The number of aliphatic hydroxyl groups excluding tert-OH is 2. The molecule has 0 fully saturated rings. The van der Waals surface area contributed by atoms with Gasteiger partial charge in [-0.3, -0.25) is 14.4 Å². The molecule has 59 heavy (non-hydrogen) atoms. The number of aliphatic imine (C=N–C) groups is 1. The average molecular weight is 823 g/mol. The number of anilines is 1. The predicted molar refractivity (Wildman–Crippen MR) is 222 cm³/mol. The molecule has 0 aromatic heterocycles. The van der Waals surface area contributed by atoms with Gasteiger partial charge in [0.25, 0.3) is 11.7 Å². The van der Waals surface area contributed by atoms with E-state index in [9.17, 15) is 34.8 Å². The van der Waals surface area contributed by atoms with Crippen molar-refractivity contribution in [3.63, 3.8) is 0 Å². The summed E-state index contributed by atoms with van der Waals surface area (Å²) in [5.41, 5.74) is 6.01. The number of ether oxygens (including phenoxy) is 4. The number of phenolic OH excluding ortho intramolecular Hbond substituents is 2.